The Morgan fingerprint density at radius 3 is 2.91 bits per heavy atom. The van der Waals surface area contributed by atoms with Gasteiger partial charge in [0.2, 0.25) is 0 Å². The Kier molecular flexibility index (Phi) is 4.58. The van der Waals surface area contributed by atoms with E-state index in [2.05, 4.69) is 10.6 Å². The topological polar surface area (TPSA) is 64.9 Å². The second-order valence-electron chi connectivity index (χ2n) is 5.44. The van der Waals surface area contributed by atoms with E-state index in [1.165, 1.54) is 17.4 Å². The number of hydrogen-bond acceptors (Lipinski definition) is 4. The van der Waals surface area contributed by atoms with Gasteiger partial charge in [0.05, 0.1) is 10.6 Å². The fraction of sp³-hybridized carbons (Fsp3) is 0.294. The molecule has 1 aliphatic carbocycles. The van der Waals surface area contributed by atoms with Crippen molar-refractivity contribution in [3.05, 3.63) is 51.5 Å². The quantitative estimate of drug-likeness (QED) is 0.798. The van der Waals surface area contributed by atoms with Gasteiger partial charge < -0.3 is 10.6 Å². The SMILES string of the molecule is N#Cc1c(F)cccc1NCCNC(=O)c1sccc1C1CC1. The molecule has 1 aromatic carbocycles. The van der Waals surface area contributed by atoms with Gasteiger partial charge in [-0.3, -0.25) is 4.79 Å². The fourth-order valence-electron chi connectivity index (χ4n) is 2.46. The van der Waals surface area contributed by atoms with Crippen molar-refractivity contribution in [3.63, 3.8) is 0 Å². The van der Waals surface area contributed by atoms with Crippen LogP contribution in [0.25, 0.3) is 0 Å². The molecule has 6 heteroatoms. The Bertz CT molecular complexity index is 761. The number of anilines is 1. The number of amides is 1. The summed E-state index contributed by atoms with van der Waals surface area (Å²) in [5.41, 5.74) is 1.59. The molecule has 3 rings (SSSR count). The Balaban J connectivity index is 1.52. The number of carbonyl (C=O) groups is 1. The molecule has 2 N–H and O–H groups in total. The molecule has 0 unspecified atom stereocenters. The highest BCUT2D eigenvalue weighted by atomic mass is 32.1. The Morgan fingerprint density at radius 2 is 2.17 bits per heavy atom. The number of halogens is 1. The lowest BCUT2D eigenvalue weighted by Crippen LogP contribution is -2.28. The van der Waals surface area contributed by atoms with Crippen molar-refractivity contribution in [2.75, 3.05) is 18.4 Å². The van der Waals surface area contributed by atoms with Gasteiger partial charge >= 0.3 is 0 Å². The Morgan fingerprint density at radius 1 is 1.35 bits per heavy atom. The fourth-order valence-corrected chi connectivity index (χ4v) is 3.36. The van der Waals surface area contributed by atoms with Gasteiger partial charge in [0.15, 0.2) is 0 Å². The number of rotatable bonds is 6. The molecule has 0 saturated heterocycles. The average molecular weight is 329 g/mol. The molecular weight excluding hydrogens is 313 g/mol. The zero-order chi connectivity index (χ0) is 16.2. The van der Waals surface area contributed by atoms with Gasteiger partial charge in [-0.15, -0.1) is 11.3 Å². The highest BCUT2D eigenvalue weighted by Crippen LogP contribution is 2.43. The van der Waals surface area contributed by atoms with Crippen LogP contribution in [-0.4, -0.2) is 19.0 Å². The normalized spacial score (nSPS) is 13.4. The summed E-state index contributed by atoms with van der Waals surface area (Å²) in [6.07, 6.45) is 2.32. The maximum atomic E-state index is 13.5. The van der Waals surface area contributed by atoms with Crippen LogP contribution in [0.2, 0.25) is 0 Å². The largest absolute Gasteiger partial charge is 0.382 e. The van der Waals surface area contributed by atoms with E-state index < -0.39 is 5.82 Å². The van der Waals surface area contributed by atoms with E-state index >= 15 is 0 Å². The van der Waals surface area contributed by atoms with E-state index in [1.807, 2.05) is 17.5 Å². The summed E-state index contributed by atoms with van der Waals surface area (Å²) in [6, 6.07) is 8.31. The molecule has 1 aromatic heterocycles. The molecular formula is C17H16FN3OS. The van der Waals surface area contributed by atoms with Crippen LogP contribution in [0.15, 0.2) is 29.6 Å². The van der Waals surface area contributed by atoms with Crippen LogP contribution in [0.1, 0.15) is 39.6 Å². The maximum Gasteiger partial charge on any atom is 0.261 e. The van der Waals surface area contributed by atoms with E-state index in [0.29, 0.717) is 24.7 Å². The third-order valence-corrected chi connectivity index (χ3v) is 4.70. The summed E-state index contributed by atoms with van der Waals surface area (Å²) in [5, 5.41) is 16.8. The summed E-state index contributed by atoms with van der Waals surface area (Å²) in [6.45, 7) is 0.830. The maximum absolute atomic E-state index is 13.5. The van der Waals surface area contributed by atoms with Gasteiger partial charge in [0.1, 0.15) is 17.4 Å². The van der Waals surface area contributed by atoms with Crippen LogP contribution in [0.5, 0.6) is 0 Å². The van der Waals surface area contributed by atoms with Crippen molar-refractivity contribution in [1.29, 1.82) is 5.26 Å². The first kappa shape index (κ1) is 15.5. The van der Waals surface area contributed by atoms with Crippen LogP contribution in [0.4, 0.5) is 10.1 Å². The Hall–Kier alpha value is -2.39. The lowest BCUT2D eigenvalue weighted by Gasteiger charge is -2.10. The van der Waals surface area contributed by atoms with Crippen LogP contribution < -0.4 is 10.6 Å². The van der Waals surface area contributed by atoms with Crippen molar-refractivity contribution in [2.24, 2.45) is 0 Å². The lowest BCUT2D eigenvalue weighted by molar-refractivity contribution is 0.0958. The van der Waals surface area contributed by atoms with Gasteiger partial charge in [0.25, 0.3) is 5.91 Å². The molecule has 2 aromatic rings. The molecule has 118 valence electrons. The molecule has 1 amide bonds. The number of thiophene rings is 1. The Labute approximate surface area is 137 Å². The zero-order valence-electron chi connectivity index (χ0n) is 12.4. The monoisotopic (exact) mass is 329 g/mol. The number of nitrogens with one attached hydrogen (secondary N) is 2. The molecule has 1 heterocycles. The first-order chi connectivity index (χ1) is 11.2. The average Bonchev–Trinajstić information content (AvgIpc) is 3.28. The first-order valence-electron chi connectivity index (χ1n) is 7.48. The lowest BCUT2D eigenvalue weighted by atomic mass is 10.1. The molecule has 0 bridgehead atoms. The number of hydrogen-bond donors (Lipinski definition) is 2. The number of nitriles is 1. The van der Waals surface area contributed by atoms with Gasteiger partial charge in [-0.2, -0.15) is 5.26 Å². The highest BCUT2D eigenvalue weighted by molar-refractivity contribution is 7.12. The van der Waals surface area contributed by atoms with Crippen molar-refractivity contribution in [1.82, 2.24) is 5.32 Å². The second-order valence-corrected chi connectivity index (χ2v) is 6.35. The van der Waals surface area contributed by atoms with Gasteiger partial charge in [-0.1, -0.05) is 6.07 Å². The predicted octanol–water partition coefficient (Wildman–Crippen LogP) is 3.48. The molecule has 1 aliphatic rings. The number of nitrogens with zero attached hydrogens (tertiary/aromatic N) is 1. The molecule has 0 aliphatic heterocycles. The molecule has 0 radical (unpaired) electrons. The van der Waals surface area contributed by atoms with Crippen LogP contribution in [0.3, 0.4) is 0 Å². The number of benzene rings is 1. The van der Waals surface area contributed by atoms with Crippen molar-refractivity contribution >= 4 is 22.9 Å². The molecule has 0 atom stereocenters. The second kappa shape index (κ2) is 6.80. The third kappa shape index (κ3) is 3.51. The van der Waals surface area contributed by atoms with Crippen molar-refractivity contribution < 1.29 is 9.18 Å². The summed E-state index contributed by atoms with van der Waals surface area (Å²) in [7, 11) is 0. The van der Waals surface area contributed by atoms with E-state index in [9.17, 15) is 9.18 Å². The third-order valence-electron chi connectivity index (χ3n) is 3.77. The minimum absolute atomic E-state index is 0.00639. The van der Waals surface area contributed by atoms with Crippen molar-refractivity contribution in [3.8, 4) is 6.07 Å². The molecule has 1 saturated carbocycles. The minimum atomic E-state index is -0.547. The van der Waals surface area contributed by atoms with E-state index in [1.54, 1.807) is 12.1 Å². The standard InChI is InChI=1S/C17H16FN3OS/c18-14-2-1-3-15(13(14)10-19)20-7-8-21-17(22)16-12(6-9-23-16)11-4-5-11/h1-3,6,9,11,20H,4-5,7-8H2,(H,21,22). The van der Waals surface area contributed by atoms with Crippen LogP contribution >= 0.6 is 11.3 Å². The summed E-state index contributed by atoms with van der Waals surface area (Å²) in [4.78, 5) is 13.0. The minimum Gasteiger partial charge on any atom is -0.382 e. The van der Waals surface area contributed by atoms with Crippen LogP contribution in [-0.2, 0) is 0 Å². The molecule has 4 nitrogen and oxygen atoms in total. The molecule has 23 heavy (non-hydrogen) atoms. The summed E-state index contributed by atoms with van der Waals surface area (Å²) in [5.74, 6) is -0.0664. The van der Waals surface area contributed by atoms with E-state index in [0.717, 1.165) is 23.3 Å². The smallest absolute Gasteiger partial charge is 0.261 e. The van der Waals surface area contributed by atoms with Gasteiger partial charge in [-0.05, 0) is 47.9 Å². The number of carbonyl (C=O) groups excluding carboxylic acids is 1. The zero-order valence-corrected chi connectivity index (χ0v) is 13.3. The summed E-state index contributed by atoms with van der Waals surface area (Å²) >= 11 is 1.46. The van der Waals surface area contributed by atoms with Gasteiger partial charge in [-0.25, -0.2) is 4.39 Å². The molecule has 1 fully saturated rings. The van der Waals surface area contributed by atoms with E-state index in [-0.39, 0.29) is 11.5 Å². The van der Waals surface area contributed by atoms with Crippen molar-refractivity contribution in [2.45, 2.75) is 18.8 Å². The van der Waals surface area contributed by atoms with Crippen LogP contribution in [0, 0.1) is 17.1 Å². The van der Waals surface area contributed by atoms with E-state index in [4.69, 9.17) is 5.26 Å². The summed E-state index contributed by atoms with van der Waals surface area (Å²) < 4.78 is 13.5. The predicted molar refractivity (Wildman–Crippen MR) is 88.2 cm³/mol. The first-order valence-corrected chi connectivity index (χ1v) is 8.36. The van der Waals surface area contributed by atoms with Gasteiger partial charge in [0, 0.05) is 13.1 Å². The molecule has 0 spiro atoms. The highest BCUT2D eigenvalue weighted by Gasteiger charge is 2.28.